The van der Waals surface area contributed by atoms with E-state index in [1.807, 2.05) is 98.8 Å². The van der Waals surface area contributed by atoms with Crippen molar-refractivity contribution in [1.82, 2.24) is 0 Å². The number of carbonyl (C=O) groups excluding carboxylic acids is 2. The van der Waals surface area contributed by atoms with Gasteiger partial charge in [0.25, 0.3) is 0 Å². The van der Waals surface area contributed by atoms with Crippen LogP contribution in [0.2, 0.25) is 5.02 Å². The Bertz CT molecular complexity index is 1340. The lowest BCUT2D eigenvalue weighted by Crippen LogP contribution is -2.19. The molecule has 0 saturated heterocycles. The van der Waals surface area contributed by atoms with Gasteiger partial charge in [-0.25, -0.2) is 0 Å². The first-order valence-corrected chi connectivity index (χ1v) is 12.9. The van der Waals surface area contributed by atoms with Gasteiger partial charge < -0.3 is 10.6 Å². The third-order valence-corrected chi connectivity index (χ3v) is 7.39. The molecule has 0 aromatic heterocycles. The number of halogens is 1. The summed E-state index contributed by atoms with van der Waals surface area (Å²) in [4.78, 5) is 26.7. The van der Waals surface area contributed by atoms with E-state index in [2.05, 4.69) is 10.6 Å². The monoisotopic (exact) mass is 514 g/mol. The summed E-state index contributed by atoms with van der Waals surface area (Å²) in [5, 5.41) is 6.24. The van der Waals surface area contributed by atoms with Gasteiger partial charge in [-0.05, 0) is 78.6 Å². The summed E-state index contributed by atoms with van der Waals surface area (Å²) in [6.07, 6.45) is 0.266. The molecule has 4 aromatic carbocycles. The molecule has 0 fully saturated rings. The van der Waals surface area contributed by atoms with Gasteiger partial charge >= 0.3 is 0 Å². The SMILES string of the molecule is Cc1cccc(NC(=O)C(Sc2ccc(NC(=O)Cc3ccc(Cl)cc3)cc2)c2ccccc2)c1C. The first-order valence-electron chi connectivity index (χ1n) is 11.6. The van der Waals surface area contributed by atoms with Crippen LogP contribution in [0.1, 0.15) is 27.5 Å². The van der Waals surface area contributed by atoms with Crippen LogP contribution >= 0.6 is 23.4 Å². The van der Waals surface area contributed by atoms with Gasteiger partial charge in [0.2, 0.25) is 11.8 Å². The number of anilines is 2. The van der Waals surface area contributed by atoms with Crippen molar-refractivity contribution in [2.24, 2.45) is 0 Å². The molecule has 4 rings (SSSR count). The molecular weight excluding hydrogens is 488 g/mol. The van der Waals surface area contributed by atoms with Gasteiger partial charge in [-0.1, -0.05) is 66.2 Å². The van der Waals surface area contributed by atoms with E-state index in [9.17, 15) is 9.59 Å². The van der Waals surface area contributed by atoms with Gasteiger partial charge in [0.05, 0.1) is 6.42 Å². The lowest BCUT2D eigenvalue weighted by atomic mass is 10.1. The number of nitrogens with one attached hydrogen (secondary N) is 2. The van der Waals surface area contributed by atoms with Crippen LogP contribution in [0.15, 0.2) is 102 Å². The molecule has 0 aliphatic carbocycles. The fraction of sp³-hybridized carbons (Fsp3) is 0.133. The molecule has 0 aliphatic rings. The predicted molar refractivity (Wildman–Crippen MR) is 150 cm³/mol. The summed E-state index contributed by atoms with van der Waals surface area (Å²) in [6, 6.07) is 30.4. The highest BCUT2D eigenvalue weighted by atomic mass is 35.5. The molecule has 6 heteroatoms. The number of aryl methyl sites for hydroxylation is 1. The fourth-order valence-electron chi connectivity index (χ4n) is 3.73. The largest absolute Gasteiger partial charge is 0.326 e. The van der Waals surface area contributed by atoms with Crippen LogP contribution in [0.4, 0.5) is 11.4 Å². The number of thioether (sulfide) groups is 1. The van der Waals surface area contributed by atoms with Crippen molar-refractivity contribution in [3.63, 3.8) is 0 Å². The summed E-state index contributed by atoms with van der Waals surface area (Å²) in [5.41, 5.74) is 5.52. The molecule has 2 amide bonds. The Morgan fingerprint density at radius 2 is 1.50 bits per heavy atom. The maximum absolute atomic E-state index is 13.4. The molecule has 36 heavy (non-hydrogen) atoms. The molecule has 0 radical (unpaired) electrons. The van der Waals surface area contributed by atoms with Crippen LogP contribution in [0, 0.1) is 13.8 Å². The topological polar surface area (TPSA) is 58.2 Å². The molecule has 0 bridgehead atoms. The lowest BCUT2D eigenvalue weighted by molar-refractivity contribution is -0.116. The normalized spacial score (nSPS) is 11.5. The summed E-state index contributed by atoms with van der Waals surface area (Å²) < 4.78 is 0. The number of hydrogen-bond donors (Lipinski definition) is 2. The van der Waals surface area contributed by atoms with Crippen LogP contribution in [0.25, 0.3) is 0 Å². The van der Waals surface area contributed by atoms with Crippen molar-refractivity contribution in [3.05, 3.63) is 124 Å². The molecule has 0 aliphatic heterocycles. The van der Waals surface area contributed by atoms with Crippen LogP contribution in [0.5, 0.6) is 0 Å². The van der Waals surface area contributed by atoms with E-state index >= 15 is 0 Å². The molecule has 1 unspecified atom stereocenters. The predicted octanol–water partition coefficient (Wildman–Crippen LogP) is 7.61. The van der Waals surface area contributed by atoms with E-state index in [-0.39, 0.29) is 18.2 Å². The second-order valence-corrected chi connectivity index (χ2v) is 10.1. The second kappa shape index (κ2) is 11.9. The summed E-state index contributed by atoms with van der Waals surface area (Å²) >= 11 is 7.39. The molecule has 0 spiro atoms. The first-order chi connectivity index (χ1) is 17.4. The Balaban J connectivity index is 1.45. The van der Waals surface area contributed by atoms with Crippen LogP contribution in [-0.2, 0) is 16.0 Å². The minimum atomic E-state index is -0.434. The van der Waals surface area contributed by atoms with Gasteiger partial charge in [0.1, 0.15) is 5.25 Å². The van der Waals surface area contributed by atoms with Gasteiger partial charge in [0.15, 0.2) is 0 Å². The number of carbonyl (C=O) groups is 2. The molecule has 0 heterocycles. The highest BCUT2D eigenvalue weighted by molar-refractivity contribution is 8.00. The maximum atomic E-state index is 13.4. The number of rotatable bonds is 8. The first kappa shape index (κ1) is 25.5. The van der Waals surface area contributed by atoms with E-state index in [1.165, 1.54) is 11.8 Å². The van der Waals surface area contributed by atoms with E-state index in [0.29, 0.717) is 10.7 Å². The zero-order chi connectivity index (χ0) is 25.5. The number of hydrogen-bond acceptors (Lipinski definition) is 3. The summed E-state index contributed by atoms with van der Waals surface area (Å²) in [6.45, 7) is 4.04. The lowest BCUT2D eigenvalue weighted by Gasteiger charge is -2.19. The van der Waals surface area contributed by atoms with Gasteiger partial charge in [-0.2, -0.15) is 0 Å². The third-order valence-electron chi connectivity index (χ3n) is 5.87. The Morgan fingerprint density at radius 3 is 2.19 bits per heavy atom. The smallest absolute Gasteiger partial charge is 0.242 e. The quantitative estimate of drug-likeness (QED) is 0.238. The molecule has 2 N–H and O–H groups in total. The standard InChI is InChI=1S/C30H27ClN2O2S/c1-20-7-6-10-27(21(20)2)33-30(35)29(23-8-4-3-5-9-23)36-26-17-15-25(16-18-26)32-28(34)19-22-11-13-24(31)14-12-22/h3-18,29H,19H2,1-2H3,(H,32,34)(H,33,35). The summed E-state index contributed by atoms with van der Waals surface area (Å²) in [7, 11) is 0. The zero-order valence-electron chi connectivity index (χ0n) is 20.1. The molecule has 182 valence electrons. The third kappa shape index (κ3) is 6.78. The van der Waals surface area contributed by atoms with E-state index < -0.39 is 5.25 Å². The highest BCUT2D eigenvalue weighted by Gasteiger charge is 2.23. The minimum absolute atomic E-state index is 0.0831. The Labute approximate surface area is 221 Å². The van der Waals surface area contributed by atoms with Crippen molar-refractivity contribution in [3.8, 4) is 0 Å². The molecular formula is C30H27ClN2O2S. The Hall–Kier alpha value is -3.54. The van der Waals surface area contributed by atoms with Crippen molar-refractivity contribution < 1.29 is 9.59 Å². The molecule has 1 atom stereocenters. The Kier molecular flexibility index (Phi) is 8.47. The molecule has 4 nitrogen and oxygen atoms in total. The van der Waals surface area contributed by atoms with E-state index in [0.717, 1.165) is 32.8 Å². The second-order valence-electron chi connectivity index (χ2n) is 8.52. The minimum Gasteiger partial charge on any atom is -0.326 e. The highest BCUT2D eigenvalue weighted by Crippen LogP contribution is 2.37. The van der Waals surface area contributed by atoms with Crippen LogP contribution in [-0.4, -0.2) is 11.8 Å². The van der Waals surface area contributed by atoms with Gasteiger partial charge in [-0.3, -0.25) is 9.59 Å². The maximum Gasteiger partial charge on any atom is 0.242 e. The van der Waals surface area contributed by atoms with E-state index in [1.54, 1.807) is 12.1 Å². The van der Waals surface area contributed by atoms with Crippen molar-refractivity contribution >= 4 is 46.6 Å². The average molecular weight is 515 g/mol. The number of benzene rings is 4. The fourth-order valence-corrected chi connectivity index (χ4v) is 4.88. The zero-order valence-corrected chi connectivity index (χ0v) is 21.7. The molecule has 0 saturated carbocycles. The van der Waals surface area contributed by atoms with E-state index in [4.69, 9.17) is 11.6 Å². The van der Waals surface area contributed by atoms with Gasteiger partial charge in [-0.15, -0.1) is 11.8 Å². The Morgan fingerprint density at radius 1 is 0.806 bits per heavy atom. The van der Waals surface area contributed by atoms with Crippen LogP contribution in [0.3, 0.4) is 0 Å². The van der Waals surface area contributed by atoms with Gasteiger partial charge in [0, 0.05) is 21.3 Å². The molecule has 4 aromatic rings. The van der Waals surface area contributed by atoms with Crippen LogP contribution < -0.4 is 10.6 Å². The summed E-state index contributed by atoms with van der Waals surface area (Å²) in [5.74, 6) is -0.187. The van der Waals surface area contributed by atoms with Crippen molar-refractivity contribution in [1.29, 1.82) is 0 Å². The average Bonchev–Trinajstić information content (AvgIpc) is 2.88. The van der Waals surface area contributed by atoms with Crippen molar-refractivity contribution in [2.75, 3.05) is 10.6 Å². The number of amides is 2. The van der Waals surface area contributed by atoms with Crippen molar-refractivity contribution in [2.45, 2.75) is 30.4 Å².